The van der Waals surface area contributed by atoms with E-state index in [9.17, 15) is 14.4 Å². The molecule has 0 saturated heterocycles. The number of amides is 3. The average Bonchev–Trinajstić information content (AvgIpc) is 2.70. The summed E-state index contributed by atoms with van der Waals surface area (Å²) in [5, 5.41) is 5.71. The van der Waals surface area contributed by atoms with Crippen LogP contribution in [0.25, 0.3) is 0 Å². The Morgan fingerprint density at radius 1 is 1.03 bits per heavy atom. The number of ether oxygens (including phenoxy) is 1. The first-order valence-electron chi connectivity index (χ1n) is 12.1. The van der Waals surface area contributed by atoms with E-state index in [2.05, 4.69) is 17.6 Å². The maximum absolute atomic E-state index is 13.6. The van der Waals surface area contributed by atoms with Gasteiger partial charge in [-0.05, 0) is 65.5 Å². The van der Waals surface area contributed by atoms with Crippen molar-refractivity contribution in [3.63, 3.8) is 0 Å². The van der Waals surface area contributed by atoms with Crippen molar-refractivity contribution in [2.24, 2.45) is 0 Å². The summed E-state index contributed by atoms with van der Waals surface area (Å²) in [5.41, 5.74) is 1.05. The molecule has 3 amide bonds. The topological polar surface area (TPSA) is 87.7 Å². The highest BCUT2D eigenvalue weighted by Gasteiger charge is 2.35. The minimum atomic E-state index is -0.843. The van der Waals surface area contributed by atoms with E-state index in [0.717, 1.165) is 36.8 Å². The number of alkyl carbamates (subject to hydrolysis) is 1. The van der Waals surface area contributed by atoms with E-state index in [1.807, 2.05) is 45.0 Å². The summed E-state index contributed by atoms with van der Waals surface area (Å²) >= 11 is 0. The van der Waals surface area contributed by atoms with E-state index in [1.165, 1.54) is 0 Å². The van der Waals surface area contributed by atoms with E-state index < -0.39 is 23.8 Å². The number of benzene rings is 1. The minimum absolute atomic E-state index is 0.00513. The first-order valence-corrected chi connectivity index (χ1v) is 12.1. The Morgan fingerprint density at radius 3 is 2.21 bits per heavy atom. The molecule has 1 rings (SSSR count). The summed E-state index contributed by atoms with van der Waals surface area (Å²) in [6.45, 7) is 15.4. The third-order valence-corrected chi connectivity index (χ3v) is 5.29. The van der Waals surface area contributed by atoms with Crippen LogP contribution in [0.5, 0.6) is 0 Å². The molecule has 0 bridgehead atoms. The highest BCUT2D eigenvalue weighted by molar-refractivity contribution is 5.92. The number of carbonyl (C=O) groups is 3. The van der Waals surface area contributed by atoms with Crippen LogP contribution in [0, 0.1) is 6.92 Å². The molecule has 0 aromatic heterocycles. The predicted molar refractivity (Wildman–Crippen MR) is 132 cm³/mol. The van der Waals surface area contributed by atoms with Crippen molar-refractivity contribution >= 4 is 17.9 Å². The first-order chi connectivity index (χ1) is 15.4. The quantitative estimate of drug-likeness (QED) is 0.491. The highest BCUT2D eigenvalue weighted by atomic mass is 16.6. The van der Waals surface area contributed by atoms with Crippen LogP contribution >= 0.6 is 0 Å². The first kappa shape index (κ1) is 28.5. The van der Waals surface area contributed by atoms with E-state index in [4.69, 9.17) is 4.74 Å². The maximum atomic E-state index is 13.6. The van der Waals surface area contributed by atoms with Gasteiger partial charge in [-0.1, -0.05) is 51.0 Å². The Hall–Kier alpha value is -2.57. The number of nitrogens with zero attached hydrogens (tertiary/aromatic N) is 1. The molecule has 7 nitrogen and oxygen atoms in total. The van der Waals surface area contributed by atoms with Gasteiger partial charge in [0.2, 0.25) is 11.8 Å². The van der Waals surface area contributed by atoms with Crippen molar-refractivity contribution in [1.29, 1.82) is 0 Å². The van der Waals surface area contributed by atoms with E-state index in [-0.39, 0.29) is 17.9 Å². The molecule has 0 heterocycles. The number of hydrogen-bond donors (Lipinski definition) is 2. The van der Waals surface area contributed by atoms with Gasteiger partial charge in [0.15, 0.2) is 0 Å². The Morgan fingerprint density at radius 2 is 1.67 bits per heavy atom. The van der Waals surface area contributed by atoms with Crippen LogP contribution in [0.2, 0.25) is 0 Å². The number of nitrogens with one attached hydrogen (secondary N) is 2. The van der Waals surface area contributed by atoms with Gasteiger partial charge in [0.1, 0.15) is 17.7 Å². The molecule has 186 valence electrons. The molecule has 0 aliphatic rings. The lowest BCUT2D eigenvalue weighted by Gasteiger charge is -2.35. The number of rotatable bonds is 11. The van der Waals surface area contributed by atoms with Crippen molar-refractivity contribution in [1.82, 2.24) is 15.5 Å². The van der Waals surface area contributed by atoms with Crippen LogP contribution in [0.4, 0.5) is 4.79 Å². The SMILES string of the molecule is CCCCN(C(=O)C(C)NC(=O)OC(C)(C)C)C(C(=O)NC(C)CCC)c1ccccc1C. The van der Waals surface area contributed by atoms with Gasteiger partial charge < -0.3 is 20.3 Å². The zero-order valence-electron chi connectivity index (χ0n) is 21.7. The van der Waals surface area contributed by atoms with Crippen LogP contribution < -0.4 is 10.6 Å². The second-order valence-corrected chi connectivity index (χ2v) is 9.71. The standard InChI is InChI=1S/C26H43N3O4/c1-9-11-17-29(24(31)20(5)28-25(32)33-26(6,7)8)22(21-16-13-12-15-18(21)3)23(30)27-19(4)14-10-2/h12-13,15-16,19-20,22H,9-11,14,17H2,1-8H3,(H,27,30)(H,28,32). The molecule has 1 aromatic rings. The molecule has 3 unspecified atom stereocenters. The van der Waals surface area contributed by atoms with Crippen molar-refractivity contribution in [2.75, 3.05) is 6.54 Å². The third kappa shape index (κ3) is 9.44. The minimum Gasteiger partial charge on any atom is -0.444 e. The fraction of sp³-hybridized carbons (Fsp3) is 0.654. The lowest BCUT2D eigenvalue weighted by Crippen LogP contribution is -2.53. The zero-order valence-corrected chi connectivity index (χ0v) is 21.7. The van der Waals surface area contributed by atoms with Gasteiger partial charge in [-0.3, -0.25) is 9.59 Å². The largest absolute Gasteiger partial charge is 0.444 e. The number of unbranched alkanes of at least 4 members (excludes halogenated alkanes) is 1. The molecule has 0 saturated carbocycles. The lowest BCUT2D eigenvalue weighted by molar-refractivity contribution is -0.142. The molecule has 2 N–H and O–H groups in total. The molecule has 0 aliphatic carbocycles. The molecule has 0 radical (unpaired) electrons. The Labute approximate surface area is 199 Å². The molecule has 0 fully saturated rings. The van der Waals surface area contributed by atoms with Gasteiger partial charge in [-0.2, -0.15) is 0 Å². The summed E-state index contributed by atoms with van der Waals surface area (Å²) in [7, 11) is 0. The van der Waals surface area contributed by atoms with Gasteiger partial charge in [-0.15, -0.1) is 0 Å². The maximum Gasteiger partial charge on any atom is 0.408 e. The molecule has 0 spiro atoms. The molecular weight excluding hydrogens is 418 g/mol. The average molecular weight is 462 g/mol. The predicted octanol–water partition coefficient (Wildman–Crippen LogP) is 4.88. The third-order valence-electron chi connectivity index (χ3n) is 5.29. The van der Waals surface area contributed by atoms with Crippen LogP contribution in [0.15, 0.2) is 24.3 Å². The molecule has 7 heteroatoms. The Balaban J connectivity index is 3.30. The number of carbonyl (C=O) groups excluding carboxylic acids is 3. The van der Waals surface area contributed by atoms with Crippen LogP contribution in [0.1, 0.15) is 91.3 Å². The van der Waals surface area contributed by atoms with Crippen LogP contribution in [-0.2, 0) is 14.3 Å². The second kappa shape index (κ2) is 13.2. The smallest absolute Gasteiger partial charge is 0.408 e. The monoisotopic (exact) mass is 461 g/mol. The van der Waals surface area contributed by atoms with Crippen molar-refractivity contribution < 1.29 is 19.1 Å². The number of aryl methyl sites for hydroxylation is 1. The van der Waals surface area contributed by atoms with Crippen molar-refractivity contribution in [3.05, 3.63) is 35.4 Å². The molecular formula is C26H43N3O4. The summed E-state index contributed by atoms with van der Waals surface area (Å²) in [4.78, 5) is 40.9. The number of hydrogen-bond acceptors (Lipinski definition) is 4. The summed E-state index contributed by atoms with van der Waals surface area (Å²) in [6.07, 6.45) is 2.75. The summed E-state index contributed by atoms with van der Waals surface area (Å²) in [5.74, 6) is -0.528. The molecule has 0 aliphatic heterocycles. The van der Waals surface area contributed by atoms with E-state index in [1.54, 1.807) is 32.6 Å². The van der Waals surface area contributed by atoms with Gasteiger partial charge >= 0.3 is 6.09 Å². The van der Waals surface area contributed by atoms with Crippen LogP contribution in [-0.4, -0.2) is 47.0 Å². The van der Waals surface area contributed by atoms with Crippen LogP contribution in [0.3, 0.4) is 0 Å². The highest BCUT2D eigenvalue weighted by Crippen LogP contribution is 2.26. The Bertz CT molecular complexity index is 788. The van der Waals surface area contributed by atoms with Gasteiger partial charge in [0.05, 0.1) is 0 Å². The van der Waals surface area contributed by atoms with Gasteiger partial charge in [0, 0.05) is 12.6 Å². The van der Waals surface area contributed by atoms with Crippen molar-refractivity contribution in [2.45, 2.75) is 105 Å². The molecule has 3 atom stereocenters. The lowest BCUT2D eigenvalue weighted by atomic mass is 9.97. The zero-order chi connectivity index (χ0) is 25.2. The fourth-order valence-corrected chi connectivity index (χ4v) is 3.66. The summed E-state index contributed by atoms with van der Waals surface area (Å²) < 4.78 is 5.31. The fourth-order valence-electron chi connectivity index (χ4n) is 3.66. The van der Waals surface area contributed by atoms with E-state index >= 15 is 0 Å². The molecule has 1 aromatic carbocycles. The van der Waals surface area contributed by atoms with Crippen molar-refractivity contribution in [3.8, 4) is 0 Å². The summed E-state index contributed by atoms with van der Waals surface area (Å²) in [6, 6.07) is 5.99. The van der Waals surface area contributed by atoms with E-state index in [0.29, 0.717) is 6.54 Å². The normalized spacial score (nSPS) is 14.1. The Kier molecular flexibility index (Phi) is 11.4. The van der Waals surface area contributed by atoms with Gasteiger partial charge in [0.25, 0.3) is 0 Å². The van der Waals surface area contributed by atoms with Gasteiger partial charge in [-0.25, -0.2) is 4.79 Å². The molecule has 33 heavy (non-hydrogen) atoms. The second-order valence-electron chi connectivity index (χ2n) is 9.71.